The second-order valence-electron chi connectivity index (χ2n) is 3.46. The van der Waals surface area contributed by atoms with Crippen LogP contribution in [0.3, 0.4) is 0 Å². The van der Waals surface area contributed by atoms with Crippen LogP contribution in [-0.2, 0) is 23.2 Å². The third-order valence-electron chi connectivity index (χ3n) is 2.24. The van der Waals surface area contributed by atoms with Crippen LogP contribution >= 0.6 is 0 Å². The SMILES string of the molecule is Cn1ccc(CN2C(=O)CNCC2=O)n1. The molecule has 0 saturated carbocycles. The summed E-state index contributed by atoms with van der Waals surface area (Å²) in [6, 6.07) is 1.79. The fraction of sp³-hybridized carbons (Fsp3) is 0.444. The largest absolute Gasteiger partial charge is 0.300 e. The first-order chi connectivity index (χ1) is 7.16. The van der Waals surface area contributed by atoms with E-state index in [9.17, 15) is 9.59 Å². The highest BCUT2D eigenvalue weighted by molar-refractivity contribution is 5.99. The molecule has 2 heterocycles. The molecule has 6 heteroatoms. The lowest BCUT2D eigenvalue weighted by Crippen LogP contribution is -2.51. The zero-order valence-electron chi connectivity index (χ0n) is 8.43. The molecule has 2 amide bonds. The van der Waals surface area contributed by atoms with Crippen LogP contribution in [0.2, 0.25) is 0 Å². The molecule has 0 bridgehead atoms. The summed E-state index contributed by atoms with van der Waals surface area (Å²) in [6.07, 6.45) is 1.78. The third kappa shape index (κ3) is 2.04. The van der Waals surface area contributed by atoms with Gasteiger partial charge in [0.25, 0.3) is 0 Å². The van der Waals surface area contributed by atoms with E-state index in [4.69, 9.17) is 0 Å². The minimum absolute atomic E-state index is 0.197. The van der Waals surface area contributed by atoms with Crippen LogP contribution in [0, 0.1) is 0 Å². The first-order valence-corrected chi connectivity index (χ1v) is 4.69. The summed E-state index contributed by atoms with van der Waals surface area (Å²) in [5.41, 5.74) is 0.723. The number of nitrogens with one attached hydrogen (secondary N) is 1. The molecule has 1 aromatic heterocycles. The summed E-state index contributed by atoms with van der Waals surface area (Å²) in [6.45, 7) is 0.706. The molecule has 0 atom stereocenters. The van der Waals surface area contributed by atoms with Gasteiger partial charge in [0, 0.05) is 13.2 Å². The van der Waals surface area contributed by atoms with Gasteiger partial charge < -0.3 is 0 Å². The number of piperazine rings is 1. The number of hydrogen-bond donors (Lipinski definition) is 1. The second kappa shape index (κ2) is 3.82. The molecule has 0 spiro atoms. The van der Waals surface area contributed by atoms with Gasteiger partial charge in [-0.15, -0.1) is 0 Å². The highest BCUT2D eigenvalue weighted by atomic mass is 16.2. The summed E-state index contributed by atoms with van der Waals surface area (Å²) < 4.78 is 1.65. The Hall–Kier alpha value is -1.69. The van der Waals surface area contributed by atoms with Crippen LogP contribution in [0.15, 0.2) is 12.3 Å². The van der Waals surface area contributed by atoms with E-state index in [1.54, 1.807) is 24.0 Å². The summed E-state index contributed by atoms with van der Waals surface area (Å²) in [4.78, 5) is 24.1. The van der Waals surface area contributed by atoms with Gasteiger partial charge in [0.2, 0.25) is 11.8 Å². The molecule has 1 fully saturated rings. The predicted molar refractivity (Wildman–Crippen MR) is 51.6 cm³/mol. The van der Waals surface area contributed by atoms with Crippen LogP contribution in [0.25, 0.3) is 0 Å². The van der Waals surface area contributed by atoms with E-state index in [-0.39, 0.29) is 31.4 Å². The highest BCUT2D eigenvalue weighted by Gasteiger charge is 2.25. The average Bonchev–Trinajstić information content (AvgIpc) is 2.58. The van der Waals surface area contributed by atoms with E-state index >= 15 is 0 Å². The van der Waals surface area contributed by atoms with Gasteiger partial charge in [0.1, 0.15) is 0 Å². The summed E-state index contributed by atoms with van der Waals surface area (Å²) in [5.74, 6) is -0.395. The van der Waals surface area contributed by atoms with Gasteiger partial charge in [0.05, 0.1) is 25.3 Å². The lowest BCUT2D eigenvalue weighted by atomic mass is 10.3. The van der Waals surface area contributed by atoms with Gasteiger partial charge in [-0.05, 0) is 6.07 Å². The zero-order chi connectivity index (χ0) is 10.8. The third-order valence-corrected chi connectivity index (χ3v) is 2.24. The monoisotopic (exact) mass is 208 g/mol. The van der Waals surface area contributed by atoms with Crippen LogP contribution in [0.4, 0.5) is 0 Å². The number of aromatic nitrogens is 2. The molecule has 0 aromatic carbocycles. The maximum atomic E-state index is 11.4. The summed E-state index contributed by atoms with van der Waals surface area (Å²) >= 11 is 0. The number of hydrogen-bond acceptors (Lipinski definition) is 4. The Morgan fingerprint density at radius 3 is 2.60 bits per heavy atom. The van der Waals surface area contributed by atoms with E-state index in [2.05, 4.69) is 10.4 Å². The van der Waals surface area contributed by atoms with E-state index in [0.29, 0.717) is 0 Å². The Bertz CT molecular complexity index is 383. The van der Waals surface area contributed by atoms with Crippen LogP contribution in [-0.4, -0.2) is 39.6 Å². The van der Waals surface area contributed by atoms with Crippen molar-refractivity contribution >= 4 is 11.8 Å². The number of aryl methyl sites for hydroxylation is 1. The predicted octanol–water partition coefficient (Wildman–Crippen LogP) is -1.12. The summed E-state index contributed by atoms with van der Waals surface area (Å²) in [7, 11) is 1.80. The smallest absolute Gasteiger partial charge is 0.243 e. The fourth-order valence-electron chi connectivity index (χ4n) is 1.49. The fourth-order valence-corrected chi connectivity index (χ4v) is 1.49. The summed E-state index contributed by atoms with van der Waals surface area (Å²) in [5, 5.41) is 6.86. The number of carbonyl (C=O) groups excluding carboxylic acids is 2. The van der Waals surface area contributed by atoms with E-state index in [1.807, 2.05) is 0 Å². The maximum Gasteiger partial charge on any atom is 0.243 e. The number of carbonyl (C=O) groups is 2. The van der Waals surface area contributed by atoms with Gasteiger partial charge in [-0.1, -0.05) is 0 Å². The van der Waals surface area contributed by atoms with Crippen molar-refractivity contribution in [2.45, 2.75) is 6.54 Å². The Balaban J connectivity index is 2.09. The standard InChI is InChI=1S/C9H12N4O2/c1-12-3-2-7(11-12)6-13-8(14)4-10-5-9(13)15/h2-3,10H,4-6H2,1H3. The molecule has 1 N–H and O–H groups in total. The zero-order valence-corrected chi connectivity index (χ0v) is 8.43. The molecule has 80 valence electrons. The van der Waals surface area contributed by atoms with Crippen molar-refractivity contribution in [1.29, 1.82) is 0 Å². The van der Waals surface area contributed by atoms with E-state index < -0.39 is 0 Å². The molecule has 6 nitrogen and oxygen atoms in total. The quantitative estimate of drug-likeness (QED) is 0.625. The van der Waals surface area contributed by atoms with Crippen molar-refractivity contribution in [2.75, 3.05) is 13.1 Å². The van der Waals surface area contributed by atoms with Crippen LogP contribution < -0.4 is 5.32 Å². The van der Waals surface area contributed by atoms with Crippen molar-refractivity contribution in [3.63, 3.8) is 0 Å². The van der Waals surface area contributed by atoms with Crippen molar-refractivity contribution in [1.82, 2.24) is 20.0 Å². The molecule has 0 aliphatic carbocycles. The van der Waals surface area contributed by atoms with Gasteiger partial charge in [-0.25, -0.2) is 0 Å². The number of rotatable bonds is 2. The van der Waals surface area contributed by atoms with Crippen molar-refractivity contribution in [3.05, 3.63) is 18.0 Å². The van der Waals surface area contributed by atoms with Gasteiger partial charge in [-0.2, -0.15) is 5.10 Å². The molecule has 0 radical (unpaired) electrons. The molecule has 15 heavy (non-hydrogen) atoms. The molecule has 1 saturated heterocycles. The average molecular weight is 208 g/mol. The number of amides is 2. The topological polar surface area (TPSA) is 67.2 Å². The van der Waals surface area contributed by atoms with Crippen molar-refractivity contribution < 1.29 is 9.59 Å². The molecular weight excluding hydrogens is 196 g/mol. The second-order valence-corrected chi connectivity index (χ2v) is 3.46. The maximum absolute atomic E-state index is 11.4. The van der Waals surface area contributed by atoms with Gasteiger partial charge in [0.15, 0.2) is 0 Å². The van der Waals surface area contributed by atoms with E-state index in [1.165, 1.54) is 4.90 Å². The first kappa shape index (κ1) is 9.85. The first-order valence-electron chi connectivity index (χ1n) is 4.69. The lowest BCUT2D eigenvalue weighted by Gasteiger charge is -2.24. The molecule has 1 aromatic rings. The van der Waals surface area contributed by atoms with Gasteiger partial charge in [-0.3, -0.25) is 24.5 Å². The van der Waals surface area contributed by atoms with Crippen LogP contribution in [0.1, 0.15) is 5.69 Å². The lowest BCUT2D eigenvalue weighted by molar-refractivity contribution is -0.147. The normalized spacial score (nSPS) is 17.3. The van der Waals surface area contributed by atoms with Crippen molar-refractivity contribution in [2.24, 2.45) is 7.05 Å². The minimum Gasteiger partial charge on any atom is -0.300 e. The minimum atomic E-state index is -0.197. The Morgan fingerprint density at radius 2 is 2.07 bits per heavy atom. The Morgan fingerprint density at radius 1 is 1.40 bits per heavy atom. The number of nitrogens with zero attached hydrogens (tertiary/aromatic N) is 3. The molecule has 0 unspecified atom stereocenters. The highest BCUT2D eigenvalue weighted by Crippen LogP contribution is 2.04. The molecule has 1 aliphatic rings. The van der Waals surface area contributed by atoms with E-state index in [0.717, 1.165) is 5.69 Å². The van der Waals surface area contributed by atoms with Gasteiger partial charge >= 0.3 is 0 Å². The number of imide groups is 1. The Kier molecular flexibility index (Phi) is 2.51. The van der Waals surface area contributed by atoms with Crippen LogP contribution in [0.5, 0.6) is 0 Å². The Labute approximate surface area is 86.9 Å². The van der Waals surface area contributed by atoms with Crippen molar-refractivity contribution in [3.8, 4) is 0 Å². The molecule has 2 rings (SSSR count). The molecule has 1 aliphatic heterocycles. The molecular formula is C9H12N4O2.